The van der Waals surface area contributed by atoms with Crippen molar-refractivity contribution in [3.8, 4) is 0 Å². The fourth-order valence-electron chi connectivity index (χ4n) is 3.87. The molecular weight excluding hydrogens is 428 g/mol. The Morgan fingerprint density at radius 3 is 2.41 bits per heavy atom. The van der Waals surface area contributed by atoms with Gasteiger partial charge in [-0.3, -0.25) is 9.36 Å². The topological polar surface area (TPSA) is 102 Å². The molecule has 0 fully saturated rings. The van der Waals surface area contributed by atoms with Gasteiger partial charge in [0.15, 0.2) is 0 Å². The van der Waals surface area contributed by atoms with Crippen molar-refractivity contribution in [3.63, 3.8) is 0 Å². The molecule has 2 aromatic heterocycles. The number of fused-ring (bicyclic) bond motifs is 1. The molecule has 1 aromatic carbocycles. The number of benzene rings is 1. The van der Waals surface area contributed by atoms with E-state index in [1.165, 1.54) is 6.20 Å². The lowest BCUT2D eigenvalue weighted by molar-refractivity contribution is 0.586. The van der Waals surface area contributed by atoms with Gasteiger partial charge >= 0.3 is 0 Å². The number of nitrogens with one attached hydrogen (secondary N) is 1. The SMILES string of the molecule is CCCN(CCC)c1nc2c(C(C)Nc3ccn(S(C)(=O)=O)n3)cc(C)cc2c(=O)n1C. The fourth-order valence-corrected chi connectivity index (χ4v) is 4.39. The maximum absolute atomic E-state index is 13.3. The average molecular weight is 461 g/mol. The van der Waals surface area contributed by atoms with Crippen molar-refractivity contribution in [1.82, 2.24) is 18.7 Å². The van der Waals surface area contributed by atoms with Gasteiger partial charge in [-0.05, 0) is 38.3 Å². The third-order valence-electron chi connectivity index (χ3n) is 5.34. The van der Waals surface area contributed by atoms with Gasteiger partial charge in [0.25, 0.3) is 15.6 Å². The lowest BCUT2D eigenvalue weighted by atomic mass is 10.0. The summed E-state index contributed by atoms with van der Waals surface area (Å²) in [6.07, 6.45) is 4.41. The summed E-state index contributed by atoms with van der Waals surface area (Å²) >= 11 is 0. The number of rotatable bonds is 9. The molecule has 0 saturated carbocycles. The molecule has 32 heavy (non-hydrogen) atoms. The molecule has 10 heteroatoms. The van der Waals surface area contributed by atoms with E-state index in [9.17, 15) is 13.2 Å². The van der Waals surface area contributed by atoms with Gasteiger partial charge in [-0.2, -0.15) is 4.09 Å². The van der Waals surface area contributed by atoms with Crippen LogP contribution >= 0.6 is 0 Å². The average Bonchev–Trinajstić information content (AvgIpc) is 3.19. The molecule has 9 nitrogen and oxygen atoms in total. The lowest BCUT2D eigenvalue weighted by Gasteiger charge is -2.25. The van der Waals surface area contributed by atoms with Gasteiger partial charge in [0.1, 0.15) is 5.82 Å². The van der Waals surface area contributed by atoms with Gasteiger partial charge in [-0.1, -0.05) is 19.9 Å². The first-order valence-electron chi connectivity index (χ1n) is 10.9. The molecule has 0 aliphatic rings. The molecule has 0 bridgehead atoms. The molecule has 0 amide bonds. The second-order valence-electron chi connectivity index (χ2n) is 8.22. The number of aromatic nitrogens is 4. The van der Waals surface area contributed by atoms with Gasteiger partial charge in [0, 0.05) is 38.0 Å². The Kier molecular flexibility index (Phi) is 6.92. The molecule has 0 aliphatic carbocycles. The number of hydrogen-bond acceptors (Lipinski definition) is 7. The van der Waals surface area contributed by atoms with Crippen LogP contribution in [0.1, 0.15) is 50.8 Å². The third-order valence-corrected chi connectivity index (χ3v) is 6.22. The molecular formula is C22H32N6O3S. The van der Waals surface area contributed by atoms with Crippen molar-refractivity contribution >= 4 is 32.7 Å². The summed E-state index contributed by atoms with van der Waals surface area (Å²) in [5.74, 6) is 1.09. The number of aryl methyl sites for hydroxylation is 1. The van der Waals surface area contributed by atoms with Crippen LogP contribution in [0.5, 0.6) is 0 Å². The summed E-state index contributed by atoms with van der Waals surface area (Å²) in [6, 6.07) is 5.23. The van der Waals surface area contributed by atoms with Crippen molar-refractivity contribution in [3.05, 3.63) is 45.9 Å². The molecule has 0 radical (unpaired) electrons. The van der Waals surface area contributed by atoms with Gasteiger partial charge in [0.2, 0.25) is 5.95 Å². The van der Waals surface area contributed by atoms with E-state index in [2.05, 4.69) is 29.2 Å². The maximum Gasteiger partial charge on any atom is 0.262 e. The van der Waals surface area contributed by atoms with Crippen molar-refractivity contribution in [2.75, 3.05) is 29.6 Å². The summed E-state index contributed by atoms with van der Waals surface area (Å²) in [6.45, 7) is 9.75. The Hall–Kier alpha value is -2.88. The van der Waals surface area contributed by atoms with E-state index < -0.39 is 10.0 Å². The molecule has 1 N–H and O–H groups in total. The minimum absolute atomic E-state index is 0.0827. The Morgan fingerprint density at radius 2 is 1.84 bits per heavy atom. The van der Waals surface area contributed by atoms with Crippen LogP contribution in [-0.4, -0.2) is 46.5 Å². The van der Waals surface area contributed by atoms with Crippen LogP contribution in [0.3, 0.4) is 0 Å². The second-order valence-corrected chi connectivity index (χ2v) is 10.1. The van der Waals surface area contributed by atoms with Crippen LogP contribution in [0.4, 0.5) is 11.8 Å². The van der Waals surface area contributed by atoms with Crippen LogP contribution in [0.25, 0.3) is 10.9 Å². The summed E-state index contributed by atoms with van der Waals surface area (Å²) in [7, 11) is -1.69. The molecule has 174 valence electrons. The van der Waals surface area contributed by atoms with Crippen molar-refractivity contribution < 1.29 is 8.42 Å². The van der Waals surface area contributed by atoms with Crippen LogP contribution in [-0.2, 0) is 17.1 Å². The van der Waals surface area contributed by atoms with Gasteiger partial charge < -0.3 is 10.2 Å². The minimum Gasteiger partial charge on any atom is -0.362 e. The zero-order chi connectivity index (χ0) is 23.6. The van der Waals surface area contributed by atoms with E-state index in [1.807, 2.05) is 26.0 Å². The van der Waals surface area contributed by atoms with E-state index in [-0.39, 0.29) is 11.6 Å². The van der Waals surface area contributed by atoms with E-state index >= 15 is 0 Å². The highest BCUT2D eigenvalue weighted by molar-refractivity contribution is 7.89. The first kappa shape index (κ1) is 23.8. The van der Waals surface area contributed by atoms with Crippen LogP contribution in [0.2, 0.25) is 0 Å². The van der Waals surface area contributed by atoms with Crippen molar-refractivity contribution in [2.24, 2.45) is 7.05 Å². The summed E-state index contributed by atoms with van der Waals surface area (Å²) in [4.78, 5) is 20.4. The first-order valence-corrected chi connectivity index (χ1v) is 12.7. The van der Waals surface area contributed by atoms with E-state index in [0.29, 0.717) is 22.7 Å². The molecule has 0 spiro atoms. The Bertz CT molecular complexity index is 1270. The smallest absolute Gasteiger partial charge is 0.262 e. The predicted octanol–water partition coefficient (Wildman–Crippen LogP) is 3.05. The summed E-state index contributed by atoms with van der Waals surface area (Å²) < 4.78 is 26.0. The Morgan fingerprint density at radius 1 is 1.19 bits per heavy atom. The van der Waals surface area contributed by atoms with Gasteiger partial charge in [0.05, 0.1) is 23.2 Å². The fraction of sp³-hybridized carbons (Fsp3) is 0.500. The molecule has 2 heterocycles. The maximum atomic E-state index is 13.3. The highest BCUT2D eigenvalue weighted by atomic mass is 32.2. The number of nitrogens with zero attached hydrogens (tertiary/aromatic N) is 5. The van der Waals surface area contributed by atoms with Crippen LogP contribution in [0, 0.1) is 6.92 Å². The first-order chi connectivity index (χ1) is 15.1. The number of anilines is 2. The van der Waals surface area contributed by atoms with Crippen LogP contribution in [0.15, 0.2) is 29.2 Å². The normalized spacial score (nSPS) is 12.8. The molecule has 0 saturated heterocycles. The van der Waals surface area contributed by atoms with Crippen molar-refractivity contribution in [2.45, 2.75) is 46.6 Å². The zero-order valence-corrected chi connectivity index (χ0v) is 20.4. The van der Waals surface area contributed by atoms with Crippen LogP contribution < -0.4 is 15.8 Å². The quantitative estimate of drug-likeness (QED) is 0.524. The zero-order valence-electron chi connectivity index (χ0n) is 19.6. The van der Waals surface area contributed by atoms with E-state index in [1.54, 1.807) is 17.7 Å². The lowest BCUT2D eigenvalue weighted by Crippen LogP contribution is -2.33. The molecule has 1 unspecified atom stereocenters. The molecule has 0 aliphatic heterocycles. The predicted molar refractivity (Wildman–Crippen MR) is 129 cm³/mol. The third kappa shape index (κ3) is 4.79. The van der Waals surface area contributed by atoms with Gasteiger partial charge in [-0.25, -0.2) is 13.4 Å². The van der Waals surface area contributed by atoms with Gasteiger partial charge in [-0.15, -0.1) is 5.10 Å². The molecule has 1 atom stereocenters. The van der Waals surface area contributed by atoms with E-state index in [0.717, 1.165) is 47.4 Å². The Balaban J connectivity index is 2.11. The number of hydrogen-bond donors (Lipinski definition) is 1. The second kappa shape index (κ2) is 9.32. The standard InChI is InChI=1S/C22H32N6O3S/c1-7-10-27(11-8-2)22-24-20-17(13-15(3)14-18(20)21(29)26(22)5)16(4)23-19-9-12-28(25-19)32(6,30)31/h9,12-14,16H,7-8,10-11H2,1-6H3,(H,23,25). The highest BCUT2D eigenvalue weighted by Crippen LogP contribution is 2.27. The summed E-state index contributed by atoms with van der Waals surface area (Å²) in [5.41, 5.74) is 2.38. The molecule has 3 rings (SSSR count). The van der Waals surface area contributed by atoms with E-state index in [4.69, 9.17) is 4.98 Å². The summed E-state index contributed by atoms with van der Waals surface area (Å²) in [5, 5.41) is 7.91. The van der Waals surface area contributed by atoms with Crippen molar-refractivity contribution in [1.29, 1.82) is 0 Å². The largest absolute Gasteiger partial charge is 0.362 e. The Labute approximate surface area is 189 Å². The monoisotopic (exact) mass is 460 g/mol. The minimum atomic E-state index is -3.46. The highest BCUT2D eigenvalue weighted by Gasteiger charge is 2.20. The molecule has 3 aromatic rings.